The van der Waals surface area contributed by atoms with E-state index in [9.17, 15) is 14.4 Å². The minimum atomic E-state index is -0.410. The van der Waals surface area contributed by atoms with E-state index in [2.05, 4.69) is 29.4 Å². The van der Waals surface area contributed by atoms with Crippen LogP contribution in [0.3, 0.4) is 0 Å². The highest BCUT2D eigenvalue weighted by Crippen LogP contribution is 2.26. The van der Waals surface area contributed by atoms with Crippen molar-refractivity contribution in [2.75, 3.05) is 11.4 Å². The summed E-state index contributed by atoms with van der Waals surface area (Å²) in [6.07, 6.45) is 3.52. The van der Waals surface area contributed by atoms with Crippen LogP contribution in [-0.4, -0.2) is 23.3 Å². The molecule has 154 valence electrons. The lowest BCUT2D eigenvalue weighted by molar-refractivity contribution is -0.126. The van der Waals surface area contributed by atoms with Crippen molar-refractivity contribution in [2.45, 2.75) is 53.0 Å². The van der Waals surface area contributed by atoms with Gasteiger partial charge in [-0.05, 0) is 56.0 Å². The van der Waals surface area contributed by atoms with E-state index in [-0.39, 0.29) is 30.3 Å². The van der Waals surface area contributed by atoms with Gasteiger partial charge in [0.1, 0.15) is 0 Å². The maximum atomic E-state index is 12.6. The number of nitrogens with zero attached hydrogens (tertiary/aromatic N) is 1. The van der Waals surface area contributed by atoms with Gasteiger partial charge in [-0.25, -0.2) is 0 Å². The fourth-order valence-corrected chi connectivity index (χ4v) is 3.78. The summed E-state index contributed by atoms with van der Waals surface area (Å²) in [5.74, 6) is -0.650. The predicted octanol–water partition coefficient (Wildman–Crippen LogP) is 3.00. The Labute approximate surface area is 171 Å². The first-order valence-electron chi connectivity index (χ1n) is 10.3. The van der Waals surface area contributed by atoms with Gasteiger partial charge in [-0.15, -0.1) is 0 Å². The van der Waals surface area contributed by atoms with Gasteiger partial charge >= 0.3 is 0 Å². The highest BCUT2D eigenvalue weighted by molar-refractivity contribution is 6.00. The van der Waals surface area contributed by atoms with E-state index >= 15 is 0 Å². The number of unbranched alkanes of at least 4 members (excludes halogenated alkanes) is 1. The Balaban J connectivity index is 1.61. The molecule has 0 saturated carbocycles. The third-order valence-electron chi connectivity index (χ3n) is 5.50. The molecule has 2 aromatic rings. The van der Waals surface area contributed by atoms with Gasteiger partial charge in [0.15, 0.2) is 0 Å². The summed E-state index contributed by atoms with van der Waals surface area (Å²) in [4.78, 5) is 41.6. The molecule has 0 unspecified atom stereocenters. The molecule has 0 spiro atoms. The summed E-state index contributed by atoms with van der Waals surface area (Å²) in [6.45, 7) is 6.37. The van der Waals surface area contributed by atoms with Gasteiger partial charge in [-0.1, -0.05) is 25.5 Å². The lowest BCUT2D eigenvalue weighted by Crippen LogP contribution is -2.34. The molecule has 6 heteroatoms. The van der Waals surface area contributed by atoms with Crippen molar-refractivity contribution in [3.8, 4) is 0 Å². The zero-order valence-corrected chi connectivity index (χ0v) is 17.4. The Morgan fingerprint density at radius 1 is 1.21 bits per heavy atom. The number of aryl methyl sites for hydroxylation is 3. The maximum Gasteiger partial charge on any atom is 0.253 e. The molecule has 29 heavy (non-hydrogen) atoms. The molecule has 6 nitrogen and oxygen atoms in total. The number of rotatable bonds is 7. The van der Waals surface area contributed by atoms with Gasteiger partial charge in [0.05, 0.1) is 5.92 Å². The fourth-order valence-electron chi connectivity index (χ4n) is 3.78. The van der Waals surface area contributed by atoms with E-state index in [1.165, 1.54) is 5.56 Å². The highest BCUT2D eigenvalue weighted by Gasteiger charge is 2.35. The second kappa shape index (κ2) is 9.07. The quantitative estimate of drug-likeness (QED) is 0.756. The fraction of sp³-hybridized carbons (Fsp3) is 0.435. The molecule has 1 aliphatic heterocycles. The number of anilines is 1. The van der Waals surface area contributed by atoms with Crippen molar-refractivity contribution in [1.82, 2.24) is 10.3 Å². The first kappa shape index (κ1) is 20.8. The lowest BCUT2D eigenvalue weighted by atomic mass is 10.1. The Kier molecular flexibility index (Phi) is 6.52. The molecule has 1 fully saturated rings. The molecule has 3 rings (SSSR count). The molecular formula is C23H29N3O3. The summed E-state index contributed by atoms with van der Waals surface area (Å²) < 4.78 is 0. The van der Waals surface area contributed by atoms with Gasteiger partial charge in [-0.3, -0.25) is 14.4 Å². The monoisotopic (exact) mass is 395 g/mol. The van der Waals surface area contributed by atoms with Crippen LogP contribution in [0.4, 0.5) is 5.69 Å². The summed E-state index contributed by atoms with van der Waals surface area (Å²) >= 11 is 0. The molecule has 0 bridgehead atoms. The van der Waals surface area contributed by atoms with Crippen LogP contribution in [0.2, 0.25) is 0 Å². The Morgan fingerprint density at radius 2 is 1.93 bits per heavy atom. The standard InChI is InChI=1S/C23H29N3O3/c1-4-5-6-17-7-9-19(10-8-17)26-14-18(12-21(26)27)22(28)24-13-20-15(2)11-16(3)25-23(20)29/h7-11,18H,4-6,12-14H2,1-3H3,(H,24,28)(H,25,29)/t18-/m0/s1. The number of carbonyl (C=O) groups is 2. The smallest absolute Gasteiger partial charge is 0.253 e. The summed E-state index contributed by atoms with van der Waals surface area (Å²) in [5, 5.41) is 2.83. The van der Waals surface area contributed by atoms with Crippen molar-refractivity contribution < 1.29 is 9.59 Å². The largest absolute Gasteiger partial charge is 0.351 e. The highest BCUT2D eigenvalue weighted by atomic mass is 16.2. The third-order valence-corrected chi connectivity index (χ3v) is 5.50. The second-order valence-electron chi connectivity index (χ2n) is 7.84. The molecule has 1 atom stereocenters. The van der Waals surface area contributed by atoms with Crippen LogP contribution in [0.25, 0.3) is 0 Å². The van der Waals surface area contributed by atoms with Gasteiger partial charge < -0.3 is 15.2 Å². The molecule has 2 heterocycles. The average Bonchev–Trinajstić information content (AvgIpc) is 3.07. The van der Waals surface area contributed by atoms with Crippen molar-refractivity contribution in [3.63, 3.8) is 0 Å². The summed E-state index contributed by atoms with van der Waals surface area (Å²) in [7, 11) is 0. The third kappa shape index (κ3) is 4.94. The first-order valence-corrected chi connectivity index (χ1v) is 10.3. The number of aromatic amines is 1. The maximum absolute atomic E-state index is 12.6. The number of aromatic nitrogens is 1. The van der Waals surface area contributed by atoms with E-state index in [0.717, 1.165) is 36.2 Å². The molecular weight excluding hydrogens is 366 g/mol. The SMILES string of the molecule is CCCCc1ccc(N2C[C@@H](C(=O)NCc3c(C)cc(C)[nH]c3=O)CC2=O)cc1. The molecule has 1 saturated heterocycles. The van der Waals surface area contributed by atoms with Crippen molar-refractivity contribution in [3.05, 3.63) is 63.1 Å². The van der Waals surface area contributed by atoms with Crippen molar-refractivity contribution in [2.24, 2.45) is 5.92 Å². The minimum absolute atomic E-state index is 0.0455. The van der Waals surface area contributed by atoms with Gasteiger partial charge in [0, 0.05) is 36.5 Å². The molecule has 2 N–H and O–H groups in total. The van der Waals surface area contributed by atoms with Crippen LogP contribution < -0.4 is 15.8 Å². The van der Waals surface area contributed by atoms with Crippen LogP contribution in [0.1, 0.15) is 48.6 Å². The molecule has 2 amide bonds. The first-order chi connectivity index (χ1) is 13.9. The minimum Gasteiger partial charge on any atom is -0.351 e. The number of benzene rings is 1. The number of hydrogen-bond donors (Lipinski definition) is 2. The number of carbonyl (C=O) groups excluding carboxylic acids is 2. The predicted molar refractivity (Wildman–Crippen MR) is 114 cm³/mol. The molecule has 0 radical (unpaired) electrons. The average molecular weight is 396 g/mol. The van der Waals surface area contributed by atoms with E-state index in [4.69, 9.17) is 0 Å². The number of amides is 2. The van der Waals surface area contributed by atoms with Crippen LogP contribution in [0.5, 0.6) is 0 Å². The molecule has 1 aromatic heterocycles. The molecule has 1 aromatic carbocycles. The lowest BCUT2D eigenvalue weighted by Gasteiger charge is -2.17. The van der Waals surface area contributed by atoms with E-state index in [1.54, 1.807) is 4.90 Å². The van der Waals surface area contributed by atoms with E-state index < -0.39 is 5.92 Å². The molecule has 0 aliphatic carbocycles. The van der Waals surface area contributed by atoms with Crippen molar-refractivity contribution >= 4 is 17.5 Å². The van der Waals surface area contributed by atoms with Crippen LogP contribution >= 0.6 is 0 Å². The summed E-state index contributed by atoms with van der Waals surface area (Å²) in [6, 6.07) is 9.90. The Morgan fingerprint density at radius 3 is 2.59 bits per heavy atom. The number of nitrogens with one attached hydrogen (secondary N) is 2. The Hall–Kier alpha value is -2.89. The van der Waals surface area contributed by atoms with Crippen molar-refractivity contribution in [1.29, 1.82) is 0 Å². The summed E-state index contributed by atoms with van der Waals surface area (Å²) in [5.41, 5.74) is 4.09. The zero-order chi connectivity index (χ0) is 21.0. The normalized spacial score (nSPS) is 16.3. The number of H-pyrrole nitrogens is 1. The number of pyridine rings is 1. The van der Waals surface area contributed by atoms with Crippen LogP contribution in [0, 0.1) is 19.8 Å². The van der Waals surface area contributed by atoms with Gasteiger partial charge in [0.2, 0.25) is 11.8 Å². The van der Waals surface area contributed by atoms with Crippen LogP contribution in [-0.2, 0) is 22.6 Å². The van der Waals surface area contributed by atoms with Gasteiger partial charge in [-0.2, -0.15) is 0 Å². The van der Waals surface area contributed by atoms with E-state index in [0.29, 0.717) is 12.1 Å². The Bertz CT molecular complexity index is 947. The second-order valence-corrected chi connectivity index (χ2v) is 7.84. The zero-order valence-electron chi connectivity index (χ0n) is 17.4. The number of hydrogen-bond acceptors (Lipinski definition) is 3. The van der Waals surface area contributed by atoms with Crippen LogP contribution in [0.15, 0.2) is 35.1 Å². The molecule has 1 aliphatic rings. The van der Waals surface area contributed by atoms with E-state index in [1.807, 2.05) is 32.0 Å². The van der Waals surface area contributed by atoms with Gasteiger partial charge in [0.25, 0.3) is 5.56 Å². The topological polar surface area (TPSA) is 82.3 Å².